The Morgan fingerprint density at radius 2 is 2.05 bits per heavy atom. The molecule has 104 valence electrons. The van der Waals surface area contributed by atoms with E-state index in [4.69, 9.17) is 5.11 Å². The molecule has 0 atom stereocenters. The molecule has 1 N–H and O–H groups in total. The molecule has 0 aliphatic heterocycles. The summed E-state index contributed by atoms with van der Waals surface area (Å²) in [5.74, 6) is 0.551. The molecule has 3 rings (SSSR count). The molecule has 0 bridgehead atoms. The summed E-state index contributed by atoms with van der Waals surface area (Å²) in [6.45, 7) is 0. The van der Waals surface area contributed by atoms with Crippen molar-refractivity contribution in [3.8, 4) is 5.69 Å². The van der Waals surface area contributed by atoms with E-state index < -0.39 is 5.97 Å². The minimum atomic E-state index is -0.845. The molecule has 0 amide bonds. The van der Waals surface area contributed by atoms with Crippen molar-refractivity contribution in [1.82, 2.24) is 14.8 Å². The number of para-hydroxylation sites is 1. The van der Waals surface area contributed by atoms with Crippen LogP contribution in [0.3, 0.4) is 0 Å². The number of carbonyl (C=O) groups is 1. The van der Waals surface area contributed by atoms with E-state index >= 15 is 0 Å². The van der Waals surface area contributed by atoms with E-state index in [0.29, 0.717) is 11.1 Å². The zero-order valence-corrected chi connectivity index (χ0v) is 11.7. The van der Waals surface area contributed by atoms with Crippen LogP contribution in [-0.4, -0.2) is 31.6 Å². The van der Waals surface area contributed by atoms with Crippen molar-refractivity contribution in [2.75, 3.05) is 5.75 Å². The SMILES string of the molecule is O=C(O)CSc1nnc(C2CCC2)n1-c1ccccc1. The van der Waals surface area contributed by atoms with Crippen LogP contribution in [0.2, 0.25) is 0 Å². The van der Waals surface area contributed by atoms with Crippen LogP contribution in [-0.2, 0) is 4.79 Å². The summed E-state index contributed by atoms with van der Waals surface area (Å²) in [6, 6.07) is 9.88. The quantitative estimate of drug-likeness (QED) is 0.857. The molecule has 1 aliphatic carbocycles. The Bertz CT molecular complexity index is 608. The van der Waals surface area contributed by atoms with Crippen LogP contribution in [0.15, 0.2) is 35.5 Å². The third-order valence-corrected chi connectivity index (χ3v) is 4.38. The standard InChI is InChI=1S/C14H15N3O2S/c18-12(19)9-20-14-16-15-13(10-5-4-6-10)17(14)11-7-2-1-3-8-11/h1-3,7-8,10H,4-6,9H2,(H,18,19). The highest BCUT2D eigenvalue weighted by Crippen LogP contribution is 2.37. The number of benzene rings is 1. The molecule has 1 heterocycles. The number of hydrogen-bond donors (Lipinski definition) is 1. The van der Waals surface area contributed by atoms with Gasteiger partial charge >= 0.3 is 5.97 Å². The molecule has 6 heteroatoms. The van der Waals surface area contributed by atoms with Gasteiger partial charge in [-0.1, -0.05) is 36.4 Å². The summed E-state index contributed by atoms with van der Waals surface area (Å²) in [5, 5.41) is 18.0. The highest BCUT2D eigenvalue weighted by molar-refractivity contribution is 7.99. The molecule has 5 nitrogen and oxygen atoms in total. The van der Waals surface area contributed by atoms with Gasteiger partial charge in [0.1, 0.15) is 5.82 Å². The van der Waals surface area contributed by atoms with Crippen LogP contribution in [0, 0.1) is 0 Å². The number of aliphatic carboxylic acids is 1. The molecule has 1 aromatic carbocycles. The Kier molecular flexibility index (Phi) is 3.73. The lowest BCUT2D eigenvalue weighted by molar-refractivity contribution is -0.133. The van der Waals surface area contributed by atoms with Gasteiger partial charge < -0.3 is 5.11 Å². The number of nitrogens with zero attached hydrogens (tertiary/aromatic N) is 3. The molecule has 1 aliphatic rings. The van der Waals surface area contributed by atoms with Gasteiger partial charge in [-0.25, -0.2) is 0 Å². The Hall–Kier alpha value is -1.82. The second kappa shape index (κ2) is 5.66. The smallest absolute Gasteiger partial charge is 0.313 e. The Labute approximate surface area is 121 Å². The van der Waals surface area contributed by atoms with E-state index in [-0.39, 0.29) is 5.75 Å². The third kappa shape index (κ3) is 2.56. The van der Waals surface area contributed by atoms with E-state index in [9.17, 15) is 4.79 Å². The van der Waals surface area contributed by atoms with Crippen LogP contribution < -0.4 is 0 Å². The maximum Gasteiger partial charge on any atom is 0.313 e. The van der Waals surface area contributed by atoms with E-state index in [2.05, 4.69) is 10.2 Å². The first-order valence-corrected chi connectivity index (χ1v) is 7.59. The van der Waals surface area contributed by atoms with Crippen molar-refractivity contribution >= 4 is 17.7 Å². The van der Waals surface area contributed by atoms with Gasteiger partial charge in [0, 0.05) is 11.6 Å². The lowest BCUT2D eigenvalue weighted by Gasteiger charge is -2.25. The number of hydrogen-bond acceptors (Lipinski definition) is 4. The van der Waals surface area contributed by atoms with Gasteiger partial charge in [0.05, 0.1) is 5.75 Å². The van der Waals surface area contributed by atoms with Crippen LogP contribution in [0.25, 0.3) is 5.69 Å². The first-order chi connectivity index (χ1) is 9.75. The molecule has 1 fully saturated rings. The number of carboxylic acids is 1. The highest BCUT2D eigenvalue weighted by atomic mass is 32.2. The largest absolute Gasteiger partial charge is 0.481 e. The summed E-state index contributed by atoms with van der Waals surface area (Å²) in [6.07, 6.45) is 3.49. The maximum atomic E-state index is 10.8. The van der Waals surface area contributed by atoms with Gasteiger partial charge in [0.15, 0.2) is 5.16 Å². The molecular formula is C14H15N3O2S. The fourth-order valence-electron chi connectivity index (χ4n) is 2.25. The minimum absolute atomic E-state index is 0.00433. The summed E-state index contributed by atoms with van der Waals surface area (Å²) in [4.78, 5) is 10.8. The monoisotopic (exact) mass is 289 g/mol. The predicted molar refractivity (Wildman–Crippen MR) is 76.3 cm³/mol. The Morgan fingerprint density at radius 1 is 1.30 bits per heavy atom. The lowest BCUT2D eigenvalue weighted by atomic mass is 9.85. The maximum absolute atomic E-state index is 10.8. The number of carboxylic acid groups (broad SMARTS) is 1. The lowest BCUT2D eigenvalue weighted by Crippen LogP contribution is -2.15. The van der Waals surface area contributed by atoms with Gasteiger partial charge in [-0.15, -0.1) is 10.2 Å². The zero-order valence-electron chi connectivity index (χ0n) is 10.9. The molecule has 1 saturated carbocycles. The summed E-state index contributed by atoms with van der Waals surface area (Å²) >= 11 is 1.21. The molecule has 2 aromatic rings. The van der Waals surface area contributed by atoms with Crippen LogP contribution in [0.1, 0.15) is 31.0 Å². The van der Waals surface area contributed by atoms with Crippen molar-refractivity contribution in [1.29, 1.82) is 0 Å². The first kappa shape index (κ1) is 13.2. The average Bonchev–Trinajstić information content (AvgIpc) is 2.79. The van der Waals surface area contributed by atoms with Gasteiger partial charge in [-0.05, 0) is 25.0 Å². The van der Waals surface area contributed by atoms with E-state index in [1.807, 2.05) is 34.9 Å². The summed E-state index contributed by atoms with van der Waals surface area (Å²) in [7, 11) is 0. The fourth-order valence-corrected chi connectivity index (χ4v) is 2.93. The molecular weight excluding hydrogens is 274 g/mol. The van der Waals surface area contributed by atoms with Crippen molar-refractivity contribution in [2.24, 2.45) is 0 Å². The van der Waals surface area contributed by atoms with Crippen molar-refractivity contribution in [3.63, 3.8) is 0 Å². The van der Waals surface area contributed by atoms with Gasteiger partial charge in [0.25, 0.3) is 0 Å². The van der Waals surface area contributed by atoms with Gasteiger partial charge in [-0.2, -0.15) is 0 Å². The van der Waals surface area contributed by atoms with Gasteiger partial charge in [0.2, 0.25) is 0 Å². The number of thioether (sulfide) groups is 1. The van der Waals surface area contributed by atoms with Gasteiger partial charge in [-0.3, -0.25) is 9.36 Å². The molecule has 0 spiro atoms. The molecule has 0 radical (unpaired) electrons. The summed E-state index contributed by atoms with van der Waals surface area (Å²) in [5.41, 5.74) is 0.993. The second-order valence-electron chi connectivity index (χ2n) is 4.82. The molecule has 0 saturated heterocycles. The molecule has 20 heavy (non-hydrogen) atoms. The van der Waals surface area contributed by atoms with E-state index in [0.717, 1.165) is 24.4 Å². The van der Waals surface area contributed by atoms with Crippen molar-refractivity contribution in [2.45, 2.75) is 30.3 Å². The normalized spacial score (nSPS) is 15.0. The van der Waals surface area contributed by atoms with Crippen molar-refractivity contribution in [3.05, 3.63) is 36.2 Å². The average molecular weight is 289 g/mol. The topological polar surface area (TPSA) is 68.0 Å². The minimum Gasteiger partial charge on any atom is -0.481 e. The number of rotatable bonds is 5. The second-order valence-corrected chi connectivity index (χ2v) is 5.76. The first-order valence-electron chi connectivity index (χ1n) is 6.61. The number of aromatic nitrogens is 3. The Balaban J connectivity index is 1.97. The third-order valence-electron chi connectivity index (χ3n) is 3.47. The highest BCUT2D eigenvalue weighted by Gasteiger charge is 2.27. The fraction of sp³-hybridized carbons (Fsp3) is 0.357. The van der Waals surface area contributed by atoms with Crippen molar-refractivity contribution < 1.29 is 9.90 Å². The Morgan fingerprint density at radius 3 is 2.65 bits per heavy atom. The predicted octanol–water partition coefficient (Wildman–Crippen LogP) is 2.71. The van der Waals surface area contributed by atoms with E-state index in [1.54, 1.807) is 0 Å². The van der Waals surface area contributed by atoms with E-state index in [1.165, 1.54) is 18.2 Å². The summed E-state index contributed by atoms with van der Waals surface area (Å²) < 4.78 is 2.00. The van der Waals surface area contributed by atoms with Crippen LogP contribution in [0.5, 0.6) is 0 Å². The molecule has 0 unspecified atom stereocenters. The van der Waals surface area contributed by atoms with Crippen LogP contribution in [0.4, 0.5) is 0 Å². The zero-order chi connectivity index (χ0) is 13.9. The molecule has 1 aromatic heterocycles. The van der Waals surface area contributed by atoms with Crippen LogP contribution >= 0.6 is 11.8 Å².